The minimum atomic E-state index is -0.539. The smallest absolute Gasteiger partial charge is 0.331 e. The third-order valence-electron chi connectivity index (χ3n) is 4.20. The maximum Gasteiger partial charge on any atom is 0.331 e. The summed E-state index contributed by atoms with van der Waals surface area (Å²) in [5, 5.41) is 16.2. The van der Waals surface area contributed by atoms with Gasteiger partial charge in [-0.1, -0.05) is 30.0 Å². The normalized spacial score (nSPS) is 14.0. The average molecular weight is 424 g/mol. The van der Waals surface area contributed by atoms with Gasteiger partial charge in [0.2, 0.25) is 0 Å². The average Bonchev–Trinajstić information content (AvgIpc) is 3.15. The van der Waals surface area contributed by atoms with Crippen LogP contribution in [0.25, 0.3) is 6.08 Å². The number of benzene rings is 2. The van der Waals surface area contributed by atoms with Crippen LogP contribution in [0, 0.1) is 24.1 Å². The van der Waals surface area contributed by atoms with Gasteiger partial charge in [-0.3, -0.25) is 5.01 Å². The van der Waals surface area contributed by atoms with Crippen molar-refractivity contribution in [2.24, 2.45) is 5.10 Å². The molecule has 2 aromatic rings. The summed E-state index contributed by atoms with van der Waals surface area (Å²) in [4.78, 5) is 11.9. The maximum atomic E-state index is 13.6. The number of aryl methyl sites for hydroxylation is 1. The van der Waals surface area contributed by atoms with E-state index in [-0.39, 0.29) is 11.5 Å². The Morgan fingerprint density at radius 1 is 1.30 bits per heavy atom. The molecule has 5 nitrogen and oxygen atoms in total. The number of thioether (sulfide) groups is 1. The summed E-state index contributed by atoms with van der Waals surface area (Å²) in [5.74, 6) is -0.347. The molecule has 30 heavy (non-hydrogen) atoms. The van der Waals surface area contributed by atoms with E-state index in [0.717, 1.165) is 21.7 Å². The zero-order valence-corrected chi connectivity index (χ0v) is 18.1. The van der Waals surface area contributed by atoms with E-state index in [1.807, 2.05) is 52.0 Å². The van der Waals surface area contributed by atoms with Crippen LogP contribution in [-0.4, -0.2) is 22.5 Å². The van der Waals surface area contributed by atoms with Gasteiger partial charge >= 0.3 is 5.97 Å². The second kappa shape index (κ2) is 8.72. The predicted octanol–water partition coefficient (Wildman–Crippen LogP) is 5.23. The Balaban J connectivity index is 1.76. The first-order valence-corrected chi connectivity index (χ1v) is 10.4. The van der Waals surface area contributed by atoms with Gasteiger partial charge in [0.25, 0.3) is 0 Å². The van der Waals surface area contributed by atoms with E-state index in [1.54, 1.807) is 28.9 Å². The number of hydrogen-bond acceptors (Lipinski definition) is 6. The van der Waals surface area contributed by atoms with E-state index in [1.165, 1.54) is 18.2 Å². The van der Waals surface area contributed by atoms with Crippen LogP contribution >= 0.6 is 11.8 Å². The number of ether oxygens (including phenoxy) is 1. The van der Waals surface area contributed by atoms with Crippen LogP contribution in [0.15, 0.2) is 47.6 Å². The Bertz CT molecular complexity index is 1080. The van der Waals surface area contributed by atoms with Crippen LogP contribution in [0.5, 0.6) is 0 Å². The largest absolute Gasteiger partial charge is 0.457 e. The molecule has 2 aromatic carbocycles. The lowest BCUT2D eigenvalue weighted by Crippen LogP contribution is -2.22. The molecule has 0 radical (unpaired) electrons. The monoisotopic (exact) mass is 423 g/mol. The minimum Gasteiger partial charge on any atom is -0.457 e. The number of halogens is 1. The van der Waals surface area contributed by atoms with Crippen molar-refractivity contribution in [1.29, 1.82) is 5.26 Å². The maximum absolute atomic E-state index is 13.6. The van der Waals surface area contributed by atoms with Gasteiger partial charge < -0.3 is 4.74 Å². The van der Waals surface area contributed by atoms with Crippen molar-refractivity contribution in [2.45, 2.75) is 33.3 Å². The van der Waals surface area contributed by atoms with Crippen molar-refractivity contribution in [3.63, 3.8) is 0 Å². The summed E-state index contributed by atoms with van der Waals surface area (Å²) in [6, 6.07) is 12.1. The van der Waals surface area contributed by atoms with Crippen molar-refractivity contribution < 1.29 is 13.9 Å². The molecule has 0 amide bonds. The summed E-state index contributed by atoms with van der Waals surface area (Å²) < 4.78 is 18.8. The second-order valence-electron chi connectivity index (χ2n) is 7.80. The molecule has 0 spiro atoms. The second-order valence-corrected chi connectivity index (χ2v) is 8.73. The number of hydrogen-bond donors (Lipinski definition) is 0. The fraction of sp³-hybridized carbons (Fsp3) is 0.261. The number of carbonyl (C=O) groups excluding carboxylic acids is 1. The Kier molecular flexibility index (Phi) is 6.28. The van der Waals surface area contributed by atoms with Gasteiger partial charge in [-0.2, -0.15) is 10.4 Å². The lowest BCUT2D eigenvalue weighted by Gasteiger charge is -2.17. The van der Waals surface area contributed by atoms with Crippen LogP contribution in [0.2, 0.25) is 0 Å². The minimum absolute atomic E-state index is 0.00143. The zero-order chi connectivity index (χ0) is 21.9. The Labute approximate surface area is 179 Å². The first-order chi connectivity index (χ1) is 14.2. The van der Waals surface area contributed by atoms with Gasteiger partial charge in [0.1, 0.15) is 22.5 Å². The van der Waals surface area contributed by atoms with E-state index < -0.39 is 11.4 Å². The fourth-order valence-corrected chi connectivity index (χ4v) is 3.84. The highest BCUT2D eigenvalue weighted by Crippen LogP contribution is 2.30. The van der Waals surface area contributed by atoms with Crippen molar-refractivity contribution >= 4 is 34.5 Å². The van der Waals surface area contributed by atoms with E-state index in [4.69, 9.17) is 10.00 Å². The molecule has 0 saturated carbocycles. The summed E-state index contributed by atoms with van der Waals surface area (Å²) >= 11 is 1.57. The SMILES string of the molecule is Cc1cc(/C=C/C(=O)OC(C)(C)C)ccc1C1=NN(c2ccc(F)c(C#N)c2)CS1. The molecule has 1 aliphatic rings. The van der Waals surface area contributed by atoms with Gasteiger partial charge in [-0.05, 0) is 63.1 Å². The number of nitriles is 1. The first kappa shape index (κ1) is 21.6. The first-order valence-electron chi connectivity index (χ1n) is 9.37. The highest BCUT2D eigenvalue weighted by Gasteiger charge is 2.20. The molecule has 1 heterocycles. The predicted molar refractivity (Wildman–Crippen MR) is 119 cm³/mol. The summed E-state index contributed by atoms with van der Waals surface area (Å²) in [6.07, 6.45) is 3.15. The molecule has 0 bridgehead atoms. The Morgan fingerprint density at radius 3 is 2.73 bits per heavy atom. The summed E-state index contributed by atoms with van der Waals surface area (Å²) in [7, 11) is 0. The molecule has 0 fully saturated rings. The molecule has 0 N–H and O–H groups in total. The van der Waals surface area contributed by atoms with Crippen LogP contribution in [0.4, 0.5) is 10.1 Å². The van der Waals surface area contributed by atoms with Crippen LogP contribution in [0.1, 0.15) is 43.0 Å². The lowest BCUT2D eigenvalue weighted by atomic mass is 10.1. The topological polar surface area (TPSA) is 65.7 Å². The number of rotatable bonds is 4. The fourth-order valence-electron chi connectivity index (χ4n) is 2.84. The number of hydrazone groups is 1. The molecule has 1 aliphatic heterocycles. The molecular formula is C23H22FN3O2S. The van der Waals surface area contributed by atoms with Crippen LogP contribution in [0.3, 0.4) is 0 Å². The number of anilines is 1. The third kappa shape index (κ3) is 5.28. The van der Waals surface area contributed by atoms with E-state index in [9.17, 15) is 9.18 Å². The quantitative estimate of drug-likeness (QED) is 0.497. The molecule has 0 aromatic heterocycles. The van der Waals surface area contributed by atoms with Gasteiger partial charge in [0.15, 0.2) is 0 Å². The van der Waals surface area contributed by atoms with Gasteiger partial charge in [-0.25, -0.2) is 9.18 Å². The van der Waals surface area contributed by atoms with E-state index in [2.05, 4.69) is 5.10 Å². The summed E-state index contributed by atoms with van der Waals surface area (Å²) in [5.41, 5.74) is 3.04. The Morgan fingerprint density at radius 2 is 2.07 bits per heavy atom. The van der Waals surface area contributed by atoms with Crippen molar-refractivity contribution in [3.8, 4) is 6.07 Å². The van der Waals surface area contributed by atoms with Crippen LogP contribution in [-0.2, 0) is 9.53 Å². The number of carbonyl (C=O) groups is 1. The standard InChI is InChI=1S/C23H22FN3O2S/c1-15-11-16(6-10-21(28)29-23(2,3)4)5-8-19(15)22-26-27(14-30-22)18-7-9-20(24)17(12-18)13-25/h5-12H,14H2,1-4H3/b10-6+. The van der Waals surface area contributed by atoms with Gasteiger partial charge in [0, 0.05) is 11.6 Å². The van der Waals surface area contributed by atoms with Crippen molar-refractivity contribution in [3.05, 3.63) is 70.5 Å². The Hall–Kier alpha value is -3.11. The van der Waals surface area contributed by atoms with Crippen molar-refractivity contribution in [1.82, 2.24) is 0 Å². The molecule has 0 saturated heterocycles. The lowest BCUT2D eigenvalue weighted by molar-refractivity contribution is -0.148. The highest BCUT2D eigenvalue weighted by atomic mass is 32.2. The third-order valence-corrected chi connectivity index (χ3v) is 5.15. The zero-order valence-electron chi connectivity index (χ0n) is 17.3. The van der Waals surface area contributed by atoms with Gasteiger partial charge in [0.05, 0.1) is 17.1 Å². The van der Waals surface area contributed by atoms with E-state index >= 15 is 0 Å². The molecule has 0 atom stereocenters. The molecule has 0 aliphatic carbocycles. The molecule has 3 rings (SSSR count). The van der Waals surface area contributed by atoms with Crippen molar-refractivity contribution in [2.75, 3.05) is 10.9 Å². The molecule has 7 heteroatoms. The van der Waals surface area contributed by atoms with Gasteiger partial charge in [-0.15, -0.1) is 0 Å². The highest BCUT2D eigenvalue weighted by molar-refractivity contribution is 8.14. The van der Waals surface area contributed by atoms with E-state index in [0.29, 0.717) is 11.6 Å². The number of esters is 1. The summed E-state index contributed by atoms with van der Waals surface area (Å²) in [6.45, 7) is 7.47. The molecular weight excluding hydrogens is 401 g/mol. The molecule has 0 unspecified atom stereocenters. The van der Waals surface area contributed by atoms with Crippen LogP contribution < -0.4 is 5.01 Å². The molecule has 154 valence electrons. The number of nitrogens with zero attached hydrogens (tertiary/aromatic N) is 3.